The molecular weight excluding hydrogens is 323 g/mol. The normalized spacial score (nSPS) is 61.4. The number of halogens is 1. The van der Waals surface area contributed by atoms with Gasteiger partial charge in [-0.25, -0.2) is 4.39 Å². The monoisotopic (exact) mass is 354 g/mol. The molecule has 0 aromatic rings. The second kappa shape index (κ2) is 5.05. The molecule has 4 aliphatic carbocycles. The maximum absolute atomic E-state index is 16.7. The van der Waals surface area contributed by atoms with Crippen LogP contribution in [0.25, 0.3) is 0 Å². The van der Waals surface area contributed by atoms with Crippen LogP contribution in [0.2, 0.25) is 0 Å². The van der Waals surface area contributed by atoms with Crippen LogP contribution in [0.4, 0.5) is 4.39 Å². The number of ketones is 1. The molecule has 142 valence electrons. The molecule has 0 amide bonds. The Labute approximate surface area is 148 Å². The number of hydrogen-bond donors (Lipinski definition) is 3. The molecule has 7 unspecified atom stereocenters. The quantitative estimate of drug-likeness (QED) is 0.624. The van der Waals surface area contributed by atoms with E-state index in [1.807, 2.05) is 13.8 Å². The highest BCUT2D eigenvalue weighted by atomic mass is 19.1. The third-order valence-electron chi connectivity index (χ3n) is 9.14. The number of rotatable bonds is 0. The first-order chi connectivity index (χ1) is 11.5. The molecule has 0 bridgehead atoms. The van der Waals surface area contributed by atoms with E-state index < -0.39 is 46.1 Å². The molecule has 25 heavy (non-hydrogen) atoms. The Hall–Kier alpha value is -0.520. The first-order valence-electron chi connectivity index (χ1n) is 9.76. The molecule has 4 fully saturated rings. The van der Waals surface area contributed by atoms with Gasteiger partial charge in [0.25, 0.3) is 0 Å². The topological polar surface area (TPSA) is 77.8 Å². The minimum atomic E-state index is -1.80. The zero-order valence-corrected chi connectivity index (χ0v) is 15.5. The maximum atomic E-state index is 16.7. The standard InChI is InChI=1S/C20H31FO4/c1-17-6-4-11(22)8-14(17)15(23)9-13-12-5-7-19(3,25)18(12,2)10-16(24)20(13,17)21/h12-16,23-25H,4-10H2,1-3H3/t12?,13?,14?,15?,16?,17?,18?,19-,20-/m0/s1. The summed E-state index contributed by atoms with van der Waals surface area (Å²) in [4.78, 5) is 11.9. The molecule has 0 spiro atoms. The number of fused-ring (bicyclic) bond motifs is 5. The molecule has 0 saturated heterocycles. The van der Waals surface area contributed by atoms with Crippen LogP contribution in [-0.2, 0) is 4.79 Å². The number of carbonyl (C=O) groups excluding carboxylic acids is 1. The molecule has 0 aromatic heterocycles. The second-order valence-electron chi connectivity index (χ2n) is 10.0. The Morgan fingerprint density at radius 3 is 2.40 bits per heavy atom. The molecule has 0 heterocycles. The van der Waals surface area contributed by atoms with Gasteiger partial charge in [-0.15, -0.1) is 0 Å². The molecule has 4 nitrogen and oxygen atoms in total. The lowest BCUT2D eigenvalue weighted by atomic mass is 9.41. The molecule has 9 atom stereocenters. The van der Waals surface area contributed by atoms with Gasteiger partial charge in [-0.05, 0) is 44.9 Å². The molecule has 3 N–H and O–H groups in total. The highest BCUT2D eigenvalue weighted by molar-refractivity contribution is 5.80. The van der Waals surface area contributed by atoms with Crippen LogP contribution < -0.4 is 0 Å². The first kappa shape index (κ1) is 17.9. The molecule has 0 aromatic carbocycles. The summed E-state index contributed by atoms with van der Waals surface area (Å²) in [6.07, 6.45) is 0.868. The van der Waals surface area contributed by atoms with Crippen LogP contribution >= 0.6 is 0 Å². The lowest BCUT2D eigenvalue weighted by Crippen LogP contribution is -2.72. The third kappa shape index (κ3) is 1.95. The number of aliphatic hydroxyl groups excluding tert-OH is 2. The summed E-state index contributed by atoms with van der Waals surface area (Å²) < 4.78 is 16.7. The average molecular weight is 354 g/mol. The molecule has 4 saturated carbocycles. The number of carbonyl (C=O) groups is 1. The van der Waals surface area contributed by atoms with Gasteiger partial charge in [0.2, 0.25) is 0 Å². The Bertz CT molecular complexity index is 607. The van der Waals surface area contributed by atoms with Crippen LogP contribution in [0.1, 0.15) is 65.7 Å². The molecule has 5 heteroatoms. The SMILES string of the molecule is CC12CCC(=O)CC1C(O)CC1C3CC[C@](C)(O)C3(C)CC(O)[C@@]12F. The summed E-state index contributed by atoms with van der Waals surface area (Å²) in [5.41, 5.74) is -4.16. The van der Waals surface area contributed by atoms with Gasteiger partial charge in [-0.3, -0.25) is 4.79 Å². The van der Waals surface area contributed by atoms with E-state index in [-0.39, 0.29) is 31.0 Å². The van der Waals surface area contributed by atoms with Crippen molar-refractivity contribution < 1.29 is 24.5 Å². The summed E-state index contributed by atoms with van der Waals surface area (Å²) in [5.74, 6) is -0.862. The molecule has 4 aliphatic rings. The van der Waals surface area contributed by atoms with Gasteiger partial charge in [0.1, 0.15) is 11.5 Å². The predicted octanol–water partition coefficient (Wildman–Crippen LogP) is 2.38. The van der Waals surface area contributed by atoms with E-state index in [9.17, 15) is 20.1 Å². The molecule has 4 rings (SSSR count). The number of aliphatic hydroxyl groups is 3. The van der Waals surface area contributed by atoms with Crippen molar-refractivity contribution in [3.8, 4) is 0 Å². The third-order valence-corrected chi connectivity index (χ3v) is 9.14. The Morgan fingerprint density at radius 1 is 1.04 bits per heavy atom. The van der Waals surface area contributed by atoms with Crippen LogP contribution in [0, 0.1) is 28.6 Å². The fourth-order valence-corrected chi connectivity index (χ4v) is 7.30. The number of hydrogen-bond acceptors (Lipinski definition) is 4. The Kier molecular flexibility index (Phi) is 3.61. The van der Waals surface area contributed by atoms with E-state index >= 15 is 4.39 Å². The smallest absolute Gasteiger partial charge is 0.145 e. The van der Waals surface area contributed by atoms with Gasteiger partial charge in [-0.2, -0.15) is 0 Å². The zero-order valence-electron chi connectivity index (χ0n) is 15.5. The van der Waals surface area contributed by atoms with Crippen molar-refractivity contribution in [2.45, 2.75) is 89.2 Å². The fourth-order valence-electron chi connectivity index (χ4n) is 7.30. The van der Waals surface area contributed by atoms with Crippen molar-refractivity contribution in [3.05, 3.63) is 0 Å². The van der Waals surface area contributed by atoms with Crippen molar-refractivity contribution in [2.75, 3.05) is 0 Å². The van der Waals surface area contributed by atoms with Gasteiger partial charge in [0.05, 0.1) is 17.8 Å². The summed E-state index contributed by atoms with van der Waals surface area (Å²) in [6, 6.07) is 0. The predicted molar refractivity (Wildman–Crippen MR) is 90.5 cm³/mol. The van der Waals surface area contributed by atoms with Gasteiger partial charge in [0.15, 0.2) is 0 Å². The fraction of sp³-hybridized carbons (Fsp3) is 0.950. The van der Waals surface area contributed by atoms with E-state index in [1.165, 1.54) is 0 Å². The Morgan fingerprint density at radius 2 is 1.72 bits per heavy atom. The van der Waals surface area contributed by atoms with E-state index in [0.717, 1.165) is 6.42 Å². The molecular formula is C20H31FO4. The first-order valence-corrected chi connectivity index (χ1v) is 9.76. The van der Waals surface area contributed by atoms with Crippen molar-refractivity contribution in [3.63, 3.8) is 0 Å². The van der Waals surface area contributed by atoms with E-state index in [4.69, 9.17) is 0 Å². The summed E-state index contributed by atoms with van der Waals surface area (Å²) >= 11 is 0. The lowest BCUT2D eigenvalue weighted by Gasteiger charge is -2.66. The zero-order chi connectivity index (χ0) is 18.4. The average Bonchev–Trinajstić information content (AvgIpc) is 2.75. The minimum Gasteiger partial charge on any atom is -0.393 e. The van der Waals surface area contributed by atoms with Crippen LogP contribution in [0.15, 0.2) is 0 Å². The summed E-state index contributed by atoms with van der Waals surface area (Å²) in [6.45, 7) is 5.60. The second-order valence-corrected chi connectivity index (χ2v) is 10.0. The number of Topliss-reactive ketones (excluding diaryl/α,β-unsaturated/α-hetero) is 1. The van der Waals surface area contributed by atoms with Gasteiger partial charge < -0.3 is 15.3 Å². The van der Waals surface area contributed by atoms with Gasteiger partial charge >= 0.3 is 0 Å². The Balaban J connectivity index is 1.81. The minimum absolute atomic E-state index is 0.0547. The highest BCUT2D eigenvalue weighted by Crippen LogP contribution is 2.70. The lowest BCUT2D eigenvalue weighted by molar-refractivity contribution is -0.271. The van der Waals surface area contributed by atoms with E-state index in [2.05, 4.69) is 0 Å². The molecule has 0 radical (unpaired) electrons. The maximum Gasteiger partial charge on any atom is 0.145 e. The number of alkyl halides is 1. The van der Waals surface area contributed by atoms with E-state index in [0.29, 0.717) is 19.3 Å². The van der Waals surface area contributed by atoms with Crippen LogP contribution in [0.5, 0.6) is 0 Å². The molecule has 0 aliphatic heterocycles. The van der Waals surface area contributed by atoms with Crippen LogP contribution in [0.3, 0.4) is 0 Å². The van der Waals surface area contributed by atoms with Crippen molar-refractivity contribution in [1.82, 2.24) is 0 Å². The van der Waals surface area contributed by atoms with Crippen LogP contribution in [-0.4, -0.2) is 44.6 Å². The van der Waals surface area contributed by atoms with Gasteiger partial charge in [-0.1, -0.05) is 13.8 Å². The summed E-state index contributed by atoms with van der Waals surface area (Å²) in [5, 5.41) is 32.7. The van der Waals surface area contributed by atoms with Gasteiger partial charge in [0, 0.05) is 35.5 Å². The largest absolute Gasteiger partial charge is 0.393 e. The van der Waals surface area contributed by atoms with E-state index in [1.54, 1.807) is 6.92 Å². The van der Waals surface area contributed by atoms with Crippen molar-refractivity contribution in [2.24, 2.45) is 28.6 Å². The highest BCUT2D eigenvalue weighted by Gasteiger charge is 2.74. The summed E-state index contributed by atoms with van der Waals surface area (Å²) in [7, 11) is 0. The van der Waals surface area contributed by atoms with Crippen molar-refractivity contribution in [1.29, 1.82) is 0 Å². The van der Waals surface area contributed by atoms with Crippen molar-refractivity contribution >= 4 is 5.78 Å².